The van der Waals surface area contributed by atoms with Gasteiger partial charge in [0.25, 0.3) is 0 Å². The van der Waals surface area contributed by atoms with Crippen LogP contribution in [0.1, 0.15) is 19.5 Å². The molecule has 1 aromatic carbocycles. The van der Waals surface area contributed by atoms with Crippen molar-refractivity contribution >= 4 is 37.7 Å². The van der Waals surface area contributed by atoms with Crippen molar-refractivity contribution < 1.29 is 0 Å². The zero-order valence-corrected chi connectivity index (χ0v) is 14.0. The number of aromatic nitrogens is 2. The molecule has 100 valence electrons. The number of rotatable bonds is 3. The smallest absolute Gasteiger partial charge is 0.161 e. The number of nitrogen functional groups attached to an aromatic ring is 1. The van der Waals surface area contributed by atoms with Gasteiger partial charge in [-0.3, -0.25) is 0 Å². The second-order valence-corrected chi connectivity index (χ2v) is 6.51. The number of nitrogens with two attached hydrogens (primary N) is 1. The van der Waals surface area contributed by atoms with Gasteiger partial charge in [-0.2, -0.15) is 0 Å². The van der Waals surface area contributed by atoms with Crippen LogP contribution in [0, 0.1) is 5.92 Å². The van der Waals surface area contributed by atoms with Crippen LogP contribution < -0.4 is 5.73 Å². The molecule has 0 radical (unpaired) electrons. The fourth-order valence-electron chi connectivity index (χ4n) is 1.79. The molecule has 0 unspecified atom stereocenters. The van der Waals surface area contributed by atoms with Crippen LogP contribution in [0.5, 0.6) is 0 Å². The standard InChI is InChI=1S/C14H15Br2N3/c1-8(2)6-11-12(16)13(17)19-14(18-11)9-4-3-5-10(15)7-9/h3-5,7-8H,6H2,1-2H3,(H2,17,18,19). The van der Waals surface area contributed by atoms with Crippen molar-refractivity contribution in [3.63, 3.8) is 0 Å². The summed E-state index contributed by atoms with van der Waals surface area (Å²) in [7, 11) is 0. The van der Waals surface area contributed by atoms with E-state index in [4.69, 9.17) is 5.73 Å². The second kappa shape index (κ2) is 6.01. The van der Waals surface area contributed by atoms with E-state index in [0.717, 1.165) is 26.6 Å². The van der Waals surface area contributed by atoms with E-state index in [9.17, 15) is 0 Å². The Hall–Kier alpha value is -0.940. The lowest BCUT2D eigenvalue weighted by atomic mass is 10.1. The topological polar surface area (TPSA) is 51.8 Å². The van der Waals surface area contributed by atoms with Crippen molar-refractivity contribution in [3.05, 3.63) is 38.9 Å². The lowest BCUT2D eigenvalue weighted by Crippen LogP contribution is -2.05. The predicted octanol–water partition coefficient (Wildman–Crippen LogP) is 4.45. The van der Waals surface area contributed by atoms with Gasteiger partial charge in [0.15, 0.2) is 5.82 Å². The van der Waals surface area contributed by atoms with Gasteiger partial charge >= 0.3 is 0 Å². The Morgan fingerprint density at radius 2 is 1.95 bits per heavy atom. The van der Waals surface area contributed by atoms with E-state index in [0.29, 0.717) is 17.6 Å². The first-order valence-corrected chi connectivity index (χ1v) is 7.63. The number of hydrogen-bond acceptors (Lipinski definition) is 3. The Bertz CT molecular complexity index is 597. The third-order valence-corrected chi connectivity index (χ3v) is 3.99. The summed E-state index contributed by atoms with van der Waals surface area (Å²) >= 11 is 6.93. The largest absolute Gasteiger partial charge is 0.383 e. The highest BCUT2D eigenvalue weighted by molar-refractivity contribution is 9.11. The van der Waals surface area contributed by atoms with Crippen molar-refractivity contribution in [2.45, 2.75) is 20.3 Å². The molecule has 0 atom stereocenters. The molecule has 5 heteroatoms. The first-order valence-electron chi connectivity index (χ1n) is 6.05. The molecule has 0 saturated heterocycles. The minimum atomic E-state index is 0.487. The zero-order chi connectivity index (χ0) is 14.0. The summed E-state index contributed by atoms with van der Waals surface area (Å²) in [6.45, 7) is 4.31. The number of anilines is 1. The van der Waals surface area contributed by atoms with Crippen molar-refractivity contribution in [3.8, 4) is 11.4 Å². The lowest BCUT2D eigenvalue weighted by molar-refractivity contribution is 0.633. The lowest BCUT2D eigenvalue weighted by Gasteiger charge is -2.11. The summed E-state index contributed by atoms with van der Waals surface area (Å²) < 4.78 is 1.81. The van der Waals surface area contributed by atoms with Gasteiger partial charge in [-0.05, 0) is 40.4 Å². The van der Waals surface area contributed by atoms with Gasteiger partial charge in [-0.25, -0.2) is 9.97 Å². The highest BCUT2D eigenvalue weighted by Crippen LogP contribution is 2.27. The van der Waals surface area contributed by atoms with Gasteiger partial charge in [-0.1, -0.05) is 41.9 Å². The van der Waals surface area contributed by atoms with Crippen LogP contribution in [0.3, 0.4) is 0 Å². The van der Waals surface area contributed by atoms with E-state index in [2.05, 4.69) is 55.7 Å². The molecule has 0 fully saturated rings. The average Bonchev–Trinajstić information content (AvgIpc) is 2.34. The molecule has 0 aliphatic rings. The van der Waals surface area contributed by atoms with E-state index in [1.807, 2.05) is 24.3 Å². The molecule has 0 spiro atoms. The summed E-state index contributed by atoms with van der Waals surface area (Å²) in [5, 5.41) is 0. The molecular weight excluding hydrogens is 370 g/mol. The number of halogens is 2. The molecule has 0 aliphatic heterocycles. The highest BCUT2D eigenvalue weighted by atomic mass is 79.9. The van der Waals surface area contributed by atoms with Crippen LogP contribution in [0.15, 0.2) is 33.2 Å². The number of hydrogen-bond donors (Lipinski definition) is 1. The van der Waals surface area contributed by atoms with Crippen molar-refractivity contribution in [1.29, 1.82) is 0 Å². The Labute approximate surface area is 129 Å². The maximum Gasteiger partial charge on any atom is 0.161 e. The summed E-state index contributed by atoms with van der Waals surface area (Å²) in [5.74, 6) is 1.67. The first kappa shape index (κ1) is 14.5. The van der Waals surface area contributed by atoms with E-state index in [1.54, 1.807) is 0 Å². The molecule has 2 aromatic rings. The second-order valence-electron chi connectivity index (χ2n) is 4.80. The molecule has 2 rings (SSSR count). The van der Waals surface area contributed by atoms with E-state index >= 15 is 0 Å². The Balaban J connectivity index is 2.50. The SMILES string of the molecule is CC(C)Cc1nc(-c2cccc(Br)c2)nc(N)c1Br. The van der Waals surface area contributed by atoms with Crippen LogP contribution in [-0.4, -0.2) is 9.97 Å². The summed E-state index contributed by atoms with van der Waals surface area (Å²) in [4.78, 5) is 8.98. The summed E-state index contributed by atoms with van der Waals surface area (Å²) in [5.41, 5.74) is 7.88. The van der Waals surface area contributed by atoms with Gasteiger partial charge in [0.05, 0.1) is 10.2 Å². The van der Waals surface area contributed by atoms with Crippen molar-refractivity contribution in [2.75, 3.05) is 5.73 Å². The van der Waals surface area contributed by atoms with Crippen molar-refractivity contribution in [2.24, 2.45) is 5.92 Å². The van der Waals surface area contributed by atoms with E-state index in [-0.39, 0.29) is 0 Å². The van der Waals surface area contributed by atoms with E-state index in [1.165, 1.54) is 0 Å². The minimum absolute atomic E-state index is 0.487. The minimum Gasteiger partial charge on any atom is -0.383 e. The molecule has 3 nitrogen and oxygen atoms in total. The maximum atomic E-state index is 5.96. The van der Waals surface area contributed by atoms with Crippen LogP contribution >= 0.6 is 31.9 Å². The van der Waals surface area contributed by atoms with Crippen LogP contribution in [0.25, 0.3) is 11.4 Å². The Morgan fingerprint density at radius 1 is 1.21 bits per heavy atom. The molecule has 1 heterocycles. The highest BCUT2D eigenvalue weighted by Gasteiger charge is 2.12. The number of nitrogens with zero attached hydrogens (tertiary/aromatic N) is 2. The zero-order valence-electron chi connectivity index (χ0n) is 10.8. The van der Waals surface area contributed by atoms with Gasteiger partial charge in [0.1, 0.15) is 5.82 Å². The van der Waals surface area contributed by atoms with Crippen LogP contribution in [-0.2, 0) is 6.42 Å². The van der Waals surface area contributed by atoms with Crippen molar-refractivity contribution in [1.82, 2.24) is 9.97 Å². The third-order valence-electron chi connectivity index (χ3n) is 2.63. The average molecular weight is 385 g/mol. The first-order chi connectivity index (χ1) is 8.97. The van der Waals surface area contributed by atoms with Crippen LogP contribution in [0.2, 0.25) is 0 Å². The molecule has 0 aliphatic carbocycles. The Morgan fingerprint density at radius 3 is 2.58 bits per heavy atom. The molecular formula is C14H15Br2N3. The molecule has 0 saturated carbocycles. The van der Waals surface area contributed by atoms with Gasteiger partial charge in [0, 0.05) is 10.0 Å². The predicted molar refractivity (Wildman–Crippen MR) is 85.8 cm³/mol. The number of benzene rings is 1. The molecule has 0 bridgehead atoms. The van der Waals surface area contributed by atoms with Crippen LogP contribution in [0.4, 0.5) is 5.82 Å². The third kappa shape index (κ3) is 3.54. The quantitative estimate of drug-likeness (QED) is 0.850. The van der Waals surface area contributed by atoms with Gasteiger partial charge in [-0.15, -0.1) is 0 Å². The fourth-order valence-corrected chi connectivity index (χ4v) is 2.53. The summed E-state index contributed by atoms with van der Waals surface area (Å²) in [6.07, 6.45) is 0.869. The fraction of sp³-hybridized carbons (Fsp3) is 0.286. The maximum absolute atomic E-state index is 5.96. The summed E-state index contributed by atoms with van der Waals surface area (Å²) in [6, 6.07) is 7.90. The monoisotopic (exact) mass is 383 g/mol. The molecule has 2 N–H and O–H groups in total. The van der Waals surface area contributed by atoms with E-state index < -0.39 is 0 Å². The van der Waals surface area contributed by atoms with Gasteiger partial charge < -0.3 is 5.73 Å². The van der Waals surface area contributed by atoms with Gasteiger partial charge in [0.2, 0.25) is 0 Å². The molecule has 1 aromatic heterocycles. The molecule has 0 amide bonds. The Kier molecular flexibility index (Phi) is 4.58. The molecule has 19 heavy (non-hydrogen) atoms. The normalized spacial score (nSPS) is 11.0.